The van der Waals surface area contributed by atoms with Gasteiger partial charge >= 0.3 is 5.97 Å². The highest BCUT2D eigenvalue weighted by Crippen LogP contribution is 2.40. The molecule has 0 saturated heterocycles. The summed E-state index contributed by atoms with van der Waals surface area (Å²) in [6.45, 7) is 0. The molecule has 1 atom stereocenters. The quantitative estimate of drug-likeness (QED) is 0.853. The monoisotopic (exact) mass is 257 g/mol. The van der Waals surface area contributed by atoms with Gasteiger partial charge in [0.05, 0.1) is 22.4 Å². The average Bonchev–Trinajstić information content (AvgIpc) is 2.20. The lowest BCUT2D eigenvalue weighted by Gasteiger charge is -2.23. The standard InChI is InChI=1S/C10H8ClNO3S/c11-5-2-1-3-6-9(5)12-10(15)7(16-6)4-8(13)14/h1-3,7H,4H2,(H,12,15)(H,13,14). The number of thioether (sulfide) groups is 1. The summed E-state index contributed by atoms with van der Waals surface area (Å²) >= 11 is 7.15. The molecule has 1 aromatic carbocycles. The number of rotatable bonds is 2. The van der Waals surface area contributed by atoms with E-state index < -0.39 is 11.2 Å². The van der Waals surface area contributed by atoms with Crippen LogP contribution >= 0.6 is 23.4 Å². The van der Waals surface area contributed by atoms with Gasteiger partial charge in [-0.15, -0.1) is 11.8 Å². The summed E-state index contributed by atoms with van der Waals surface area (Å²) in [6.07, 6.45) is -0.192. The van der Waals surface area contributed by atoms with E-state index >= 15 is 0 Å². The number of nitrogens with one attached hydrogen (secondary N) is 1. The van der Waals surface area contributed by atoms with Crippen LogP contribution in [0.1, 0.15) is 6.42 Å². The topological polar surface area (TPSA) is 66.4 Å². The number of halogens is 1. The summed E-state index contributed by atoms with van der Waals surface area (Å²) in [5.41, 5.74) is 0.570. The Labute approximate surface area is 101 Å². The number of benzene rings is 1. The molecule has 0 bridgehead atoms. The van der Waals surface area contributed by atoms with Crippen molar-refractivity contribution in [3.05, 3.63) is 23.2 Å². The molecule has 2 N–H and O–H groups in total. The van der Waals surface area contributed by atoms with Crippen molar-refractivity contribution in [2.24, 2.45) is 0 Å². The second kappa shape index (κ2) is 4.35. The number of carboxylic acids is 1. The number of para-hydroxylation sites is 1. The van der Waals surface area contributed by atoms with Gasteiger partial charge in [0.1, 0.15) is 0 Å². The molecule has 1 aliphatic heterocycles. The molecule has 6 heteroatoms. The summed E-state index contributed by atoms with van der Waals surface area (Å²) in [7, 11) is 0. The lowest BCUT2D eigenvalue weighted by molar-refractivity contribution is -0.138. The van der Waals surface area contributed by atoms with Gasteiger partial charge in [0.2, 0.25) is 5.91 Å². The number of carboxylic acid groups (broad SMARTS) is 1. The number of amides is 1. The molecule has 1 heterocycles. The minimum Gasteiger partial charge on any atom is -0.481 e. The van der Waals surface area contributed by atoms with Gasteiger partial charge in [-0.05, 0) is 12.1 Å². The van der Waals surface area contributed by atoms with Gasteiger partial charge in [0.15, 0.2) is 0 Å². The summed E-state index contributed by atoms with van der Waals surface area (Å²) in [4.78, 5) is 23.0. The zero-order valence-electron chi connectivity index (χ0n) is 8.07. The Hall–Kier alpha value is -1.20. The van der Waals surface area contributed by atoms with Gasteiger partial charge in [-0.1, -0.05) is 17.7 Å². The molecule has 1 aliphatic rings. The second-order valence-corrected chi connectivity index (χ2v) is 4.96. The normalized spacial score (nSPS) is 18.8. The molecule has 2 rings (SSSR count). The van der Waals surface area contributed by atoms with Crippen molar-refractivity contribution in [2.75, 3.05) is 5.32 Å². The first-order valence-corrected chi connectivity index (χ1v) is 5.81. The molecule has 0 saturated carbocycles. The molecule has 16 heavy (non-hydrogen) atoms. The SMILES string of the molecule is O=C(O)CC1Sc2cccc(Cl)c2NC1=O. The molecule has 1 amide bonds. The summed E-state index contributed by atoms with van der Waals surface area (Å²) < 4.78 is 0. The highest BCUT2D eigenvalue weighted by Gasteiger charge is 2.29. The van der Waals surface area contributed by atoms with Crippen LogP contribution in [0.5, 0.6) is 0 Å². The molecule has 0 aliphatic carbocycles. The van der Waals surface area contributed by atoms with Crippen LogP contribution in [0.4, 0.5) is 5.69 Å². The van der Waals surface area contributed by atoms with Crippen molar-refractivity contribution >= 4 is 40.9 Å². The smallest absolute Gasteiger partial charge is 0.305 e. The molecule has 1 aromatic rings. The van der Waals surface area contributed by atoms with E-state index in [2.05, 4.69) is 5.32 Å². The van der Waals surface area contributed by atoms with Gasteiger partial charge in [-0.2, -0.15) is 0 Å². The van der Waals surface area contributed by atoms with Gasteiger partial charge in [-0.25, -0.2) is 0 Å². The first-order chi connectivity index (χ1) is 7.58. The first kappa shape index (κ1) is 11.3. The number of anilines is 1. The highest BCUT2D eigenvalue weighted by molar-refractivity contribution is 8.01. The van der Waals surface area contributed by atoms with Gasteiger partial charge in [0.25, 0.3) is 0 Å². The number of fused-ring (bicyclic) bond motifs is 1. The lowest BCUT2D eigenvalue weighted by atomic mass is 10.2. The third-order valence-corrected chi connectivity index (χ3v) is 3.72. The second-order valence-electron chi connectivity index (χ2n) is 3.31. The number of hydrogen-bond donors (Lipinski definition) is 2. The average molecular weight is 258 g/mol. The number of hydrogen-bond acceptors (Lipinski definition) is 3. The van der Waals surface area contributed by atoms with Gasteiger partial charge in [-0.3, -0.25) is 9.59 Å². The third-order valence-electron chi connectivity index (χ3n) is 2.15. The summed E-state index contributed by atoms with van der Waals surface area (Å²) in [6, 6.07) is 5.25. The Balaban J connectivity index is 2.28. The zero-order valence-corrected chi connectivity index (χ0v) is 9.64. The van der Waals surface area contributed by atoms with Crippen LogP contribution in [-0.2, 0) is 9.59 Å². The minimum absolute atomic E-state index is 0.192. The Morgan fingerprint density at radius 1 is 1.56 bits per heavy atom. The molecule has 0 radical (unpaired) electrons. The fourth-order valence-corrected chi connectivity index (χ4v) is 2.84. The van der Waals surface area contributed by atoms with Crippen LogP contribution in [-0.4, -0.2) is 22.2 Å². The summed E-state index contributed by atoms with van der Waals surface area (Å²) in [5.74, 6) is -1.30. The Morgan fingerprint density at radius 3 is 3.00 bits per heavy atom. The number of aliphatic carboxylic acids is 1. The van der Waals surface area contributed by atoms with E-state index in [4.69, 9.17) is 16.7 Å². The largest absolute Gasteiger partial charge is 0.481 e. The summed E-state index contributed by atoms with van der Waals surface area (Å²) in [5, 5.41) is 11.2. The van der Waals surface area contributed by atoms with Crippen LogP contribution < -0.4 is 5.32 Å². The van der Waals surface area contributed by atoms with Crippen molar-refractivity contribution < 1.29 is 14.7 Å². The van der Waals surface area contributed by atoms with Crippen LogP contribution in [0.2, 0.25) is 5.02 Å². The van der Waals surface area contributed by atoms with Crippen molar-refractivity contribution in [2.45, 2.75) is 16.6 Å². The maximum absolute atomic E-state index is 11.6. The Morgan fingerprint density at radius 2 is 2.31 bits per heavy atom. The predicted octanol–water partition coefficient (Wildman–Crippen LogP) is 2.23. The molecular formula is C10H8ClNO3S. The fraction of sp³-hybridized carbons (Fsp3) is 0.200. The third kappa shape index (κ3) is 2.15. The number of carbonyl (C=O) groups excluding carboxylic acids is 1. The van der Waals surface area contributed by atoms with Crippen molar-refractivity contribution in [3.63, 3.8) is 0 Å². The Kier molecular flexibility index (Phi) is 3.07. The van der Waals surface area contributed by atoms with Crippen molar-refractivity contribution in [1.29, 1.82) is 0 Å². The maximum atomic E-state index is 11.6. The molecule has 4 nitrogen and oxygen atoms in total. The number of carbonyl (C=O) groups is 2. The van der Waals surface area contributed by atoms with Gasteiger partial charge in [0, 0.05) is 4.90 Å². The van der Waals surface area contributed by atoms with Crippen molar-refractivity contribution in [1.82, 2.24) is 0 Å². The van der Waals surface area contributed by atoms with Crippen LogP contribution in [0.3, 0.4) is 0 Å². The first-order valence-electron chi connectivity index (χ1n) is 4.56. The molecule has 84 valence electrons. The van der Waals surface area contributed by atoms with E-state index in [1.54, 1.807) is 18.2 Å². The van der Waals surface area contributed by atoms with E-state index in [-0.39, 0.29) is 12.3 Å². The maximum Gasteiger partial charge on any atom is 0.305 e. The molecule has 1 unspecified atom stereocenters. The lowest BCUT2D eigenvalue weighted by Crippen LogP contribution is -2.31. The minimum atomic E-state index is -0.988. The molecule has 0 fully saturated rings. The van der Waals surface area contributed by atoms with Crippen molar-refractivity contribution in [3.8, 4) is 0 Å². The predicted molar refractivity (Wildman–Crippen MR) is 62.0 cm³/mol. The van der Waals surface area contributed by atoms with E-state index in [1.165, 1.54) is 11.8 Å². The molecule has 0 spiro atoms. The zero-order chi connectivity index (χ0) is 11.7. The Bertz CT molecular complexity index is 463. The van der Waals surface area contributed by atoms with E-state index in [0.717, 1.165) is 4.90 Å². The van der Waals surface area contributed by atoms with Crippen LogP contribution in [0.15, 0.2) is 23.1 Å². The molecule has 0 aromatic heterocycles. The molecular weight excluding hydrogens is 250 g/mol. The van der Waals surface area contributed by atoms with Crippen LogP contribution in [0.25, 0.3) is 0 Å². The van der Waals surface area contributed by atoms with E-state index in [0.29, 0.717) is 10.7 Å². The van der Waals surface area contributed by atoms with E-state index in [9.17, 15) is 9.59 Å². The van der Waals surface area contributed by atoms with E-state index in [1.807, 2.05) is 0 Å². The van der Waals surface area contributed by atoms with Crippen LogP contribution in [0, 0.1) is 0 Å². The highest BCUT2D eigenvalue weighted by atomic mass is 35.5. The fourth-order valence-electron chi connectivity index (χ4n) is 1.43. The van der Waals surface area contributed by atoms with Gasteiger partial charge < -0.3 is 10.4 Å².